The van der Waals surface area contributed by atoms with Gasteiger partial charge in [0.05, 0.1) is 16.3 Å². The molecule has 0 aliphatic rings. The van der Waals surface area contributed by atoms with Crippen molar-refractivity contribution in [3.63, 3.8) is 0 Å². The molecule has 0 spiro atoms. The first-order valence-electron chi connectivity index (χ1n) is 9.91. The van der Waals surface area contributed by atoms with Gasteiger partial charge in [-0.3, -0.25) is 9.00 Å². The zero-order valence-corrected chi connectivity index (χ0v) is 18.8. The van der Waals surface area contributed by atoms with Gasteiger partial charge >= 0.3 is 5.97 Å². The Hall–Kier alpha value is -3.76. The number of aliphatic carboxylic acids is 1. The Kier molecular flexibility index (Phi) is 7.41. The van der Waals surface area contributed by atoms with Gasteiger partial charge in [0.2, 0.25) is 0 Å². The van der Waals surface area contributed by atoms with Gasteiger partial charge in [-0.1, -0.05) is 24.3 Å². The van der Waals surface area contributed by atoms with Crippen LogP contribution < -0.4 is 21.1 Å². The maximum absolute atomic E-state index is 12.1. The van der Waals surface area contributed by atoms with Crippen molar-refractivity contribution in [1.29, 1.82) is 0 Å². The summed E-state index contributed by atoms with van der Waals surface area (Å²) in [6.45, 7) is 1.80. The second-order valence-corrected chi connectivity index (χ2v) is 8.16. The molecule has 0 radical (unpaired) electrons. The minimum absolute atomic E-state index is 0.0399. The number of phenols is 1. The number of benzene rings is 3. The zero-order chi connectivity index (χ0) is 24.1. The molecule has 0 fully saturated rings. The van der Waals surface area contributed by atoms with E-state index in [-0.39, 0.29) is 28.8 Å². The number of nitrogen functional groups attached to an aromatic ring is 1. The lowest BCUT2D eigenvalue weighted by Crippen LogP contribution is -2.15. The molecule has 174 valence electrons. The highest BCUT2D eigenvalue weighted by atomic mass is 32.2. The van der Waals surface area contributed by atoms with Gasteiger partial charge in [0.15, 0.2) is 6.73 Å². The van der Waals surface area contributed by atoms with Crippen LogP contribution in [0.4, 0.5) is 17.1 Å². The summed E-state index contributed by atoms with van der Waals surface area (Å²) in [5, 5.41) is 26.0. The van der Waals surface area contributed by atoms with Crippen molar-refractivity contribution < 1.29 is 28.5 Å². The van der Waals surface area contributed by atoms with Crippen LogP contribution in [-0.4, -0.2) is 38.7 Å². The second kappa shape index (κ2) is 10.2. The Bertz CT molecular complexity index is 1180. The topological polar surface area (TPSA) is 157 Å². The number of hydrogen-bond donors (Lipinski definition) is 5. The van der Waals surface area contributed by atoms with E-state index in [1.807, 2.05) is 6.92 Å². The van der Waals surface area contributed by atoms with Gasteiger partial charge in [-0.2, -0.15) is 0 Å². The molecule has 0 aliphatic heterocycles. The van der Waals surface area contributed by atoms with Crippen molar-refractivity contribution in [3.8, 4) is 11.5 Å². The molecule has 3 rings (SSSR count). The van der Waals surface area contributed by atoms with Crippen molar-refractivity contribution in [2.45, 2.75) is 17.7 Å². The molecule has 3 aromatic carbocycles. The maximum atomic E-state index is 12.1. The summed E-state index contributed by atoms with van der Waals surface area (Å²) in [7, 11) is 1.60. The number of hydrogen-bond acceptors (Lipinski definition) is 8. The smallest absolute Gasteiger partial charge is 0.315 e. The quantitative estimate of drug-likeness (QED) is 0.137. The van der Waals surface area contributed by atoms with E-state index < -0.39 is 23.0 Å². The normalized spacial score (nSPS) is 12.6. The van der Waals surface area contributed by atoms with Crippen LogP contribution >= 0.6 is 0 Å². The van der Waals surface area contributed by atoms with Crippen LogP contribution in [0, 0.1) is 6.92 Å². The molecule has 10 heteroatoms. The average molecular weight is 471 g/mol. The molecule has 6 N–H and O–H groups in total. The van der Waals surface area contributed by atoms with Crippen molar-refractivity contribution >= 4 is 34.1 Å². The van der Waals surface area contributed by atoms with Gasteiger partial charge in [0, 0.05) is 12.7 Å². The average Bonchev–Trinajstić information content (AvgIpc) is 2.75. The number of ether oxygens (including phenoxy) is 1. The highest BCUT2D eigenvalue weighted by molar-refractivity contribution is 7.79. The number of carbonyl (C=O) groups is 1. The Morgan fingerprint density at radius 1 is 1.18 bits per heavy atom. The maximum Gasteiger partial charge on any atom is 0.315 e. The summed E-state index contributed by atoms with van der Waals surface area (Å²) in [5.74, 6) is -2.13. The number of anilines is 3. The van der Waals surface area contributed by atoms with Gasteiger partial charge in [0.25, 0.3) is 0 Å². The van der Waals surface area contributed by atoms with Crippen LogP contribution in [0.25, 0.3) is 0 Å². The first-order chi connectivity index (χ1) is 15.7. The van der Waals surface area contributed by atoms with Crippen LogP contribution in [0.2, 0.25) is 0 Å². The number of nitrogens with two attached hydrogens (primary N) is 1. The van der Waals surface area contributed by atoms with Crippen molar-refractivity contribution in [1.82, 2.24) is 0 Å². The van der Waals surface area contributed by atoms with Crippen molar-refractivity contribution in [2.24, 2.45) is 0 Å². The van der Waals surface area contributed by atoms with E-state index >= 15 is 0 Å². The van der Waals surface area contributed by atoms with Crippen molar-refractivity contribution in [2.75, 3.05) is 30.1 Å². The van der Waals surface area contributed by atoms with Crippen LogP contribution in [-0.2, 0) is 15.9 Å². The third-order valence-electron chi connectivity index (χ3n) is 5.11. The number of aryl methyl sites for hydroxylation is 1. The van der Waals surface area contributed by atoms with E-state index in [9.17, 15) is 23.8 Å². The standard InChI is InChI=1S/C23H25N3O6S/c1-13-7-8-14(21(23(28)29)15-9-16(24)22(25-2)18(27)11-15)10-17(13)26-12-32-19-5-3-4-6-20(19)33(30)31/h3-11,21,25-27H,12,24H2,1-2H3,(H,28,29)(H,30,31)/p-1. The molecule has 0 heterocycles. The van der Waals surface area contributed by atoms with E-state index in [1.165, 1.54) is 18.2 Å². The zero-order valence-electron chi connectivity index (χ0n) is 18.0. The van der Waals surface area contributed by atoms with E-state index in [0.717, 1.165) is 5.56 Å². The number of nitrogens with one attached hydrogen (secondary N) is 2. The van der Waals surface area contributed by atoms with Crippen LogP contribution in [0.15, 0.2) is 59.5 Å². The number of aromatic hydroxyl groups is 1. The minimum Gasteiger partial charge on any atom is -0.768 e. The predicted octanol–water partition coefficient (Wildman–Crippen LogP) is 3.23. The van der Waals surface area contributed by atoms with Crippen molar-refractivity contribution in [3.05, 3.63) is 71.3 Å². The Balaban J connectivity index is 1.86. The molecule has 3 aromatic rings. The molecule has 2 unspecified atom stereocenters. The summed E-state index contributed by atoms with van der Waals surface area (Å²) >= 11 is -2.44. The first kappa shape index (κ1) is 23.9. The molecule has 9 nitrogen and oxygen atoms in total. The Morgan fingerprint density at radius 3 is 2.55 bits per heavy atom. The van der Waals surface area contributed by atoms with Crippen LogP contribution in [0.1, 0.15) is 22.6 Å². The SMILES string of the molecule is CNc1c(N)cc(C(C(=O)O)c2ccc(C)c(NCOc3ccccc3S(=O)[O-])c2)cc1O. The van der Waals surface area contributed by atoms with E-state index in [0.29, 0.717) is 22.5 Å². The molecule has 0 amide bonds. The fourth-order valence-electron chi connectivity index (χ4n) is 3.50. The fourth-order valence-corrected chi connectivity index (χ4v) is 3.98. The van der Waals surface area contributed by atoms with Crippen LogP contribution in [0.5, 0.6) is 11.5 Å². The summed E-state index contributed by atoms with van der Waals surface area (Å²) in [4.78, 5) is 12.2. The number of carboxylic acid groups (broad SMARTS) is 1. The summed E-state index contributed by atoms with van der Waals surface area (Å²) < 4.78 is 28.2. The number of para-hydroxylation sites is 1. The third kappa shape index (κ3) is 5.36. The van der Waals surface area contributed by atoms with E-state index in [4.69, 9.17) is 10.5 Å². The molecule has 0 saturated carbocycles. The molecule has 0 bridgehead atoms. The van der Waals surface area contributed by atoms with Gasteiger partial charge in [-0.05, 0) is 65.0 Å². The number of phenolic OH excluding ortho intramolecular Hbond substituents is 1. The molecule has 0 saturated heterocycles. The van der Waals surface area contributed by atoms with Gasteiger partial charge in [0.1, 0.15) is 17.4 Å². The molecule has 0 aromatic heterocycles. The molecule has 2 atom stereocenters. The summed E-state index contributed by atoms with van der Waals surface area (Å²) in [6, 6.07) is 14.2. The third-order valence-corrected chi connectivity index (χ3v) is 5.81. The van der Waals surface area contributed by atoms with E-state index in [1.54, 1.807) is 43.4 Å². The molecular formula is C23H24N3O6S-. The van der Waals surface area contributed by atoms with Crippen LogP contribution in [0.3, 0.4) is 0 Å². The fraction of sp³-hybridized carbons (Fsp3) is 0.174. The van der Waals surface area contributed by atoms with E-state index in [2.05, 4.69) is 10.6 Å². The minimum atomic E-state index is -2.44. The highest BCUT2D eigenvalue weighted by Gasteiger charge is 2.25. The summed E-state index contributed by atoms with van der Waals surface area (Å²) in [6.07, 6.45) is 0. The lowest BCUT2D eigenvalue weighted by atomic mass is 9.89. The van der Waals surface area contributed by atoms with Gasteiger partial charge < -0.3 is 35.9 Å². The number of carboxylic acids is 1. The molecular weight excluding hydrogens is 446 g/mol. The van der Waals surface area contributed by atoms with Gasteiger partial charge in [-0.25, -0.2) is 0 Å². The molecule has 33 heavy (non-hydrogen) atoms. The number of rotatable bonds is 9. The monoisotopic (exact) mass is 470 g/mol. The second-order valence-electron chi connectivity index (χ2n) is 7.25. The molecule has 0 aliphatic carbocycles. The van der Waals surface area contributed by atoms with Gasteiger partial charge in [-0.15, -0.1) is 0 Å². The summed E-state index contributed by atoms with van der Waals surface area (Å²) in [5.41, 5.74) is 8.76. The largest absolute Gasteiger partial charge is 0.768 e. The predicted molar refractivity (Wildman–Crippen MR) is 125 cm³/mol. The highest BCUT2D eigenvalue weighted by Crippen LogP contribution is 2.37. The Labute approximate surface area is 193 Å². The lowest BCUT2D eigenvalue weighted by Gasteiger charge is -2.19. The first-order valence-corrected chi connectivity index (χ1v) is 11.0. The Morgan fingerprint density at radius 2 is 1.91 bits per heavy atom. The lowest BCUT2D eigenvalue weighted by molar-refractivity contribution is -0.137.